The number of likely N-dealkylation sites (tertiary alicyclic amines) is 1. The number of piperidine rings is 1. The number of rotatable bonds is 4. The number of amidine groups is 1. The Morgan fingerprint density at radius 2 is 1.88 bits per heavy atom. The highest BCUT2D eigenvalue weighted by molar-refractivity contribution is 8.18. The summed E-state index contributed by atoms with van der Waals surface area (Å²) in [6, 6.07) is 3.65. The van der Waals surface area contributed by atoms with Gasteiger partial charge >= 0.3 is 0 Å². The maximum atomic E-state index is 12.4. The highest BCUT2D eigenvalue weighted by Crippen LogP contribution is 2.40. The van der Waals surface area contributed by atoms with Gasteiger partial charge in [-0.3, -0.25) is 4.79 Å². The Kier molecular flexibility index (Phi) is 5.76. The Labute approximate surface area is 158 Å². The first-order chi connectivity index (χ1) is 12.5. The number of aliphatic imine (C=N–C) groups is 1. The zero-order chi connectivity index (χ0) is 18.7. The molecule has 2 aliphatic rings. The maximum absolute atomic E-state index is 12.4. The molecule has 0 saturated carbocycles. The Morgan fingerprint density at radius 3 is 2.46 bits per heavy atom. The number of carbonyl (C=O) groups excluding carboxylic acids is 1. The molecule has 3 rings (SSSR count). The molecule has 6 nitrogen and oxygen atoms in total. The molecule has 0 spiro atoms. The predicted molar refractivity (Wildman–Crippen MR) is 104 cm³/mol. The van der Waals surface area contributed by atoms with Gasteiger partial charge in [0.05, 0.1) is 26.2 Å². The van der Waals surface area contributed by atoms with E-state index in [9.17, 15) is 4.79 Å². The van der Waals surface area contributed by atoms with Gasteiger partial charge in [0.2, 0.25) is 5.75 Å². The number of hydrogen-bond donors (Lipinski definition) is 0. The Bertz CT molecular complexity index is 735. The van der Waals surface area contributed by atoms with Crippen molar-refractivity contribution in [3.8, 4) is 17.2 Å². The molecule has 2 aliphatic heterocycles. The number of methoxy groups -OCH3 is 3. The summed E-state index contributed by atoms with van der Waals surface area (Å²) >= 11 is 1.43. The monoisotopic (exact) mass is 376 g/mol. The second-order valence-corrected chi connectivity index (χ2v) is 7.47. The second kappa shape index (κ2) is 8.03. The molecule has 26 heavy (non-hydrogen) atoms. The van der Waals surface area contributed by atoms with Crippen LogP contribution >= 0.6 is 11.8 Å². The minimum absolute atomic E-state index is 0.197. The van der Waals surface area contributed by atoms with Crippen LogP contribution in [0.1, 0.15) is 25.3 Å². The van der Waals surface area contributed by atoms with E-state index in [0.717, 1.165) is 30.2 Å². The summed E-state index contributed by atoms with van der Waals surface area (Å²) in [6.07, 6.45) is 4.19. The molecule has 1 atom stereocenters. The fourth-order valence-electron chi connectivity index (χ4n) is 3.23. The topological polar surface area (TPSA) is 60.4 Å². The molecule has 0 aliphatic carbocycles. The molecule has 2 heterocycles. The third-order valence-corrected chi connectivity index (χ3v) is 5.57. The second-order valence-electron chi connectivity index (χ2n) is 6.46. The molecule has 1 amide bonds. The van der Waals surface area contributed by atoms with Crippen molar-refractivity contribution in [2.24, 2.45) is 10.9 Å². The lowest BCUT2D eigenvalue weighted by molar-refractivity contribution is -0.113. The lowest BCUT2D eigenvalue weighted by Crippen LogP contribution is -2.37. The molecule has 1 aromatic rings. The number of amides is 1. The van der Waals surface area contributed by atoms with Gasteiger partial charge in [0.1, 0.15) is 0 Å². The van der Waals surface area contributed by atoms with Crippen LogP contribution in [-0.2, 0) is 4.79 Å². The van der Waals surface area contributed by atoms with E-state index in [-0.39, 0.29) is 5.91 Å². The van der Waals surface area contributed by atoms with Crippen molar-refractivity contribution in [2.45, 2.75) is 19.8 Å². The van der Waals surface area contributed by atoms with E-state index >= 15 is 0 Å². The molecule has 1 fully saturated rings. The average molecular weight is 376 g/mol. The number of hydrogen-bond acceptors (Lipinski definition) is 6. The summed E-state index contributed by atoms with van der Waals surface area (Å²) in [4.78, 5) is 19.4. The minimum atomic E-state index is -0.197. The van der Waals surface area contributed by atoms with Crippen LogP contribution < -0.4 is 14.2 Å². The van der Waals surface area contributed by atoms with E-state index < -0.39 is 0 Å². The Morgan fingerprint density at radius 1 is 1.19 bits per heavy atom. The van der Waals surface area contributed by atoms with E-state index in [2.05, 4.69) is 16.8 Å². The molecule has 0 aromatic heterocycles. The molecular formula is C19H24N2O4S. The number of nitrogens with zero attached hydrogens (tertiary/aromatic N) is 2. The van der Waals surface area contributed by atoms with E-state index in [0.29, 0.717) is 28.1 Å². The van der Waals surface area contributed by atoms with Gasteiger partial charge < -0.3 is 19.1 Å². The zero-order valence-corrected chi connectivity index (χ0v) is 16.4. The first-order valence-electron chi connectivity index (χ1n) is 8.63. The van der Waals surface area contributed by atoms with E-state index in [4.69, 9.17) is 14.2 Å². The van der Waals surface area contributed by atoms with Gasteiger partial charge in [-0.2, -0.15) is 4.99 Å². The van der Waals surface area contributed by atoms with Gasteiger partial charge in [-0.15, -0.1) is 0 Å². The molecule has 0 bridgehead atoms. The van der Waals surface area contributed by atoms with E-state index in [1.165, 1.54) is 18.2 Å². The van der Waals surface area contributed by atoms with Gasteiger partial charge in [0, 0.05) is 13.1 Å². The number of carbonyl (C=O) groups is 1. The van der Waals surface area contributed by atoms with Crippen molar-refractivity contribution in [1.82, 2.24) is 4.90 Å². The lowest BCUT2D eigenvalue weighted by atomic mass is 10.0. The lowest BCUT2D eigenvalue weighted by Gasteiger charge is -2.31. The molecular weight excluding hydrogens is 352 g/mol. The normalized spacial score (nSPS) is 21.8. The van der Waals surface area contributed by atoms with Gasteiger partial charge in [0.15, 0.2) is 16.7 Å². The van der Waals surface area contributed by atoms with Gasteiger partial charge in [0.25, 0.3) is 5.91 Å². The molecule has 1 aromatic carbocycles. The maximum Gasteiger partial charge on any atom is 0.286 e. The van der Waals surface area contributed by atoms with Crippen LogP contribution in [0.2, 0.25) is 0 Å². The van der Waals surface area contributed by atoms with Crippen LogP contribution in [0.3, 0.4) is 0 Å². The van der Waals surface area contributed by atoms with Crippen molar-refractivity contribution < 1.29 is 19.0 Å². The standard InChI is InChI=1S/C19H24N2O4S/c1-12-6-5-7-21(11-12)19-20-18(22)16(26-19)10-13-8-14(23-2)17(25-4)15(9-13)24-3/h8-10,12H,5-7,11H2,1-4H3/b16-10-/t12-/m1/s1. The van der Waals surface area contributed by atoms with Crippen LogP contribution in [0.4, 0.5) is 0 Å². The summed E-state index contributed by atoms with van der Waals surface area (Å²) in [7, 11) is 4.71. The molecule has 140 valence electrons. The van der Waals surface area contributed by atoms with E-state index in [1.807, 2.05) is 18.2 Å². The molecule has 1 saturated heterocycles. The van der Waals surface area contributed by atoms with Crippen molar-refractivity contribution in [1.29, 1.82) is 0 Å². The highest BCUT2D eigenvalue weighted by atomic mass is 32.2. The van der Waals surface area contributed by atoms with Crippen LogP contribution in [0.25, 0.3) is 6.08 Å². The summed E-state index contributed by atoms with van der Waals surface area (Å²) < 4.78 is 16.1. The number of thioether (sulfide) groups is 1. The van der Waals surface area contributed by atoms with Crippen molar-refractivity contribution in [3.05, 3.63) is 22.6 Å². The summed E-state index contributed by atoms with van der Waals surface area (Å²) in [5, 5.41) is 0.806. The third kappa shape index (κ3) is 3.82. The van der Waals surface area contributed by atoms with Crippen molar-refractivity contribution >= 4 is 28.9 Å². The first-order valence-corrected chi connectivity index (χ1v) is 9.45. The van der Waals surface area contributed by atoms with Crippen molar-refractivity contribution in [3.63, 3.8) is 0 Å². The van der Waals surface area contributed by atoms with E-state index in [1.54, 1.807) is 21.3 Å². The Hall–Kier alpha value is -2.15. The molecule has 0 unspecified atom stereocenters. The van der Waals surface area contributed by atoms with Crippen LogP contribution in [0.15, 0.2) is 22.0 Å². The van der Waals surface area contributed by atoms with Crippen LogP contribution in [-0.4, -0.2) is 50.4 Å². The van der Waals surface area contributed by atoms with Crippen LogP contribution in [0, 0.1) is 5.92 Å². The third-order valence-electron chi connectivity index (χ3n) is 4.52. The largest absolute Gasteiger partial charge is 0.493 e. The smallest absolute Gasteiger partial charge is 0.286 e. The number of benzene rings is 1. The van der Waals surface area contributed by atoms with Gasteiger partial charge in [-0.1, -0.05) is 6.92 Å². The quantitative estimate of drug-likeness (QED) is 0.751. The minimum Gasteiger partial charge on any atom is -0.493 e. The predicted octanol–water partition coefficient (Wildman–Crippen LogP) is 3.41. The molecule has 0 N–H and O–H groups in total. The van der Waals surface area contributed by atoms with Crippen LogP contribution in [0.5, 0.6) is 17.2 Å². The SMILES string of the molecule is COc1cc(/C=C2\SC(N3CCC[C@@H](C)C3)=NC2=O)cc(OC)c1OC. The number of ether oxygens (including phenoxy) is 3. The van der Waals surface area contributed by atoms with Gasteiger partial charge in [-0.05, 0) is 54.3 Å². The fourth-order valence-corrected chi connectivity index (χ4v) is 4.18. The average Bonchev–Trinajstić information content (AvgIpc) is 3.01. The first kappa shape index (κ1) is 18.6. The Balaban J connectivity index is 1.84. The summed E-state index contributed by atoms with van der Waals surface area (Å²) in [5.74, 6) is 2.07. The summed E-state index contributed by atoms with van der Waals surface area (Å²) in [5.41, 5.74) is 0.804. The zero-order valence-electron chi connectivity index (χ0n) is 15.6. The van der Waals surface area contributed by atoms with Crippen molar-refractivity contribution in [2.75, 3.05) is 34.4 Å². The molecule has 7 heteroatoms. The van der Waals surface area contributed by atoms with Gasteiger partial charge in [-0.25, -0.2) is 0 Å². The fraction of sp³-hybridized carbons (Fsp3) is 0.474. The highest BCUT2D eigenvalue weighted by Gasteiger charge is 2.28. The summed E-state index contributed by atoms with van der Waals surface area (Å²) in [6.45, 7) is 4.15. The molecule has 0 radical (unpaired) electrons.